The van der Waals surface area contributed by atoms with E-state index in [0.717, 1.165) is 0 Å². The van der Waals surface area contributed by atoms with Gasteiger partial charge in [-0.1, -0.05) is 18.2 Å². The molecular formula is C16H23FN2O4S. The largest absolute Gasteiger partial charge is 0.450 e. The molecule has 0 bridgehead atoms. The summed E-state index contributed by atoms with van der Waals surface area (Å²) in [6.45, 7) is 2.98. The Bertz CT molecular complexity index is 658. The van der Waals surface area contributed by atoms with Crippen molar-refractivity contribution in [3.8, 4) is 0 Å². The third-order valence-corrected chi connectivity index (χ3v) is 5.40. The summed E-state index contributed by atoms with van der Waals surface area (Å²) in [5, 5.41) is 0. The lowest BCUT2D eigenvalue weighted by molar-refractivity contribution is 0.0966. The van der Waals surface area contributed by atoms with Gasteiger partial charge in [0.2, 0.25) is 10.0 Å². The predicted molar refractivity (Wildman–Crippen MR) is 88.6 cm³/mol. The van der Waals surface area contributed by atoms with Crippen LogP contribution in [0.1, 0.15) is 25.3 Å². The second kappa shape index (κ2) is 8.43. The van der Waals surface area contributed by atoms with Crippen LogP contribution in [0.4, 0.5) is 9.18 Å². The monoisotopic (exact) mass is 358 g/mol. The van der Waals surface area contributed by atoms with Gasteiger partial charge in [-0.3, -0.25) is 0 Å². The third kappa shape index (κ3) is 5.45. The van der Waals surface area contributed by atoms with E-state index in [1.54, 1.807) is 30.0 Å². The first-order chi connectivity index (χ1) is 11.4. The van der Waals surface area contributed by atoms with E-state index in [-0.39, 0.29) is 24.3 Å². The summed E-state index contributed by atoms with van der Waals surface area (Å²) in [4.78, 5) is 13.2. The molecule has 1 aliphatic heterocycles. The van der Waals surface area contributed by atoms with Crippen LogP contribution in [0.3, 0.4) is 0 Å². The molecule has 0 saturated carbocycles. The van der Waals surface area contributed by atoms with E-state index < -0.39 is 15.8 Å². The third-order valence-electron chi connectivity index (χ3n) is 3.97. The first kappa shape index (κ1) is 18.7. The molecule has 1 amide bonds. The summed E-state index contributed by atoms with van der Waals surface area (Å²) in [6.07, 6.45) is 0.845. The molecule has 1 aliphatic rings. The lowest BCUT2D eigenvalue weighted by atomic mass is 10.1. The Morgan fingerprint density at radius 2 is 2.00 bits per heavy atom. The summed E-state index contributed by atoms with van der Waals surface area (Å²) < 4.78 is 45.4. The number of piperidine rings is 1. The van der Waals surface area contributed by atoms with Crippen LogP contribution in [0, 0.1) is 5.82 Å². The second-order valence-corrected chi connectivity index (χ2v) is 7.61. The lowest BCUT2D eigenvalue weighted by Gasteiger charge is -2.31. The number of sulfonamides is 1. The molecule has 1 aromatic rings. The van der Waals surface area contributed by atoms with Crippen molar-refractivity contribution in [1.82, 2.24) is 9.62 Å². The minimum Gasteiger partial charge on any atom is -0.450 e. The number of nitrogens with one attached hydrogen (secondary N) is 1. The molecule has 6 nitrogen and oxygen atoms in total. The maximum Gasteiger partial charge on any atom is 0.409 e. The highest BCUT2D eigenvalue weighted by molar-refractivity contribution is 7.89. The van der Waals surface area contributed by atoms with Gasteiger partial charge in [-0.25, -0.2) is 22.3 Å². The van der Waals surface area contributed by atoms with Crippen molar-refractivity contribution >= 4 is 16.1 Å². The average Bonchev–Trinajstić information content (AvgIpc) is 2.55. The standard InChI is InChI=1S/C16H23FN2O4S/c1-2-23-16(20)19-10-7-14(8-11-19)18-24(21,22)12-9-13-5-3-4-6-15(13)17/h3-6,14,18H,2,7-12H2,1H3. The molecule has 1 saturated heterocycles. The van der Waals surface area contributed by atoms with E-state index in [0.29, 0.717) is 38.1 Å². The van der Waals surface area contributed by atoms with Gasteiger partial charge in [0.25, 0.3) is 0 Å². The zero-order valence-electron chi connectivity index (χ0n) is 13.7. The maximum absolute atomic E-state index is 13.5. The van der Waals surface area contributed by atoms with Crippen LogP contribution < -0.4 is 4.72 Å². The first-order valence-electron chi connectivity index (χ1n) is 8.06. The molecular weight excluding hydrogens is 335 g/mol. The molecule has 1 N–H and O–H groups in total. The van der Waals surface area contributed by atoms with Gasteiger partial charge in [0.05, 0.1) is 12.4 Å². The first-order valence-corrected chi connectivity index (χ1v) is 9.71. The number of carbonyl (C=O) groups is 1. The zero-order valence-corrected chi connectivity index (χ0v) is 14.5. The SMILES string of the molecule is CCOC(=O)N1CCC(NS(=O)(=O)CCc2ccccc2F)CC1. The van der Waals surface area contributed by atoms with Gasteiger partial charge in [-0.15, -0.1) is 0 Å². The summed E-state index contributed by atoms with van der Waals surface area (Å²) in [6, 6.07) is 5.96. The highest BCUT2D eigenvalue weighted by Crippen LogP contribution is 2.13. The number of aryl methyl sites for hydroxylation is 1. The molecule has 1 heterocycles. The molecule has 0 radical (unpaired) electrons. The minimum atomic E-state index is -3.50. The molecule has 8 heteroatoms. The van der Waals surface area contributed by atoms with Gasteiger partial charge in [0.1, 0.15) is 5.82 Å². The van der Waals surface area contributed by atoms with Gasteiger partial charge >= 0.3 is 6.09 Å². The van der Waals surface area contributed by atoms with Gasteiger partial charge in [0.15, 0.2) is 0 Å². The van der Waals surface area contributed by atoms with Gasteiger partial charge in [-0.05, 0) is 37.8 Å². The number of hydrogen-bond acceptors (Lipinski definition) is 4. The topological polar surface area (TPSA) is 75.7 Å². The van der Waals surface area contributed by atoms with Crippen molar-refractivity contribution in [3.63, 3.8) is 0 Å². The zero-order chi connectivity index (χ0) is 17.6. The van der Waals surface area contributed by atoms with Crippen molar-refractivity contribution in [3.05, 3.63) is 35.6 Å². The number of amides is 1. The summed E-state index contributed by atoms with van der Waals surface area (Å²) in [5.41, 5.74) is 0.389. The maximum atomic E-state index is 13.5. The molecule has 24 heavy (non-hydrogen) atoms. The lowest BCUT2D eigenvalue weighted by Crippen LogP contribution is -2.47. The summed E-state index contributed by atoms with van der Waals surface area (Å²) >= 11 is 0. The Kier molecular flexibility index (Phi) is 6.56. The predicted octanol–water partition coefficient (Wildman–Crippen LogP) is 1.91. The summed E-state index contributed by atoms with van der Waals surface area (Å²) in [5.74, 6) is -0.554. The van der Waals surface area contributed by atoms with Crippen molar-refractivity contribution in [2.24, 2.45) is 0 Å². The number of hydrogen-bond donors (Lipinski definition) is 1. The van der Waals surface area contributed by atoms with Crippen LogP contribution in [0.5, 0.6) is 0 Å². The molecule has 0 unspecified atom stereocenters. The number of ether oxygens (including phenoxy) is 1. The fourth-order valence-electron chi connectivity index (χ4n) is 2.65. The number of halogens is 1. The van der Waals surface area contributed by atoms with Crippen LogP contribution in [-0.4, -0.2) is 50.9 Å². The van der Waals surface area contributed by atoms with Crippen molar-refractivity contribution in [2.75, 3.05) is 25.4 Å². The highest BCUT2D eigenvalue weighted by atomic mass is 32.2. The Hall–Kier alpha value is -1.67. The Morgan fingerprint density at radius 3 is 2.62 bits per heavy atom. The number of rotatable bonds is 6. The van der Waals surface area contributed by atoms with Crippen LogP contribution in [0.15, 0.2) is 24.3 Å². The molecule has 0 spiro atoms. The fraction of sp³-hybridized carbons (Fsp3) is 0.562. The molecule has 0 aliphatic carbocycles. The summed E-state index contributed by atoms with van der Waals surface area (Å²) in [7, 11) is -3.50. The Morgan fingerprint density at radius 1 is 1.33 bits per heavy atom. The quantitative estimate of drug-likeness (QED) is 0.843. The minimum absolute atomic E-state index is 0.129. The van der Waals surface area contributed by atoms with E-state index in [1.807, 2.05) is 0 Å². The number of nitrogens with zero attached hydrogens (tertiary/aromatic N) is 1. The van der Waals surface area contributed by atoms with Crippen LogP contribution in [-0.2, 0) is 21.2 Å². The average molecular weight is 358 g/mol. The van der Waals surface area contributed by atoms with Gasteiger partial charge in [-0.2, -0.15) is 0 Å². The number of likely N-dealkylation sites (tertiary alicyclic amines) is 1. The number of benzene rings is 1. The normalized spacial score (nSPS) is 16.2. The van der Waals surface area contributed by atoms with E-state index in [9.17, 15) is 17.6 Å². The second-order valence-electron chi connectivity index (χ2n) is 5.74. The van der Waals surface area contributed by atoms with Gasteiger partial charge in [0, 0.05) is 19.1 Å². The van der Waals surface area contributed by atoms with Gasteiger partial charge < -0.3 is 9.64 Å². The Labute approximate surface area is 142 Å². The molecule has 0 aromatic heterocycles. The van der Waals surface area contributed by atoms with Crippen LogP contribution in [0.2, 0.25) is 0 Å². The molecule has 2 rings (SSSR count). The van der Waals surface area contributed by atoms with E-state index >= 15 is 0 Å². The van der Waals surface area contributed by atoms with Crippen molar-refractivity contribution in [1.29, 1.82) is 0 Å². The van der Waals surface area contributed by atoms with Crippen molar-refractivity contribution in [2.45, 2.75) is 32.2 Å². The Balaban J connectivity index is 1.81. The number of carbonyl (C=O) groups excluding carboxylic acids is 1. The highest BCUT2D eigenvalue weighted by Gasteiger charge is 2.26. The molecule has 1 aromatic carbocycles. The van der Waals surface area contributed by atoms with Crippen LogP contribution >= 0.6 is 0 Å². The molecule has 0 atom stereocenters. The molecule has 134 valence electrons. The van der Waals surface area contributed by atoms with Crippen LogP contribution in [0.25, 0.3) is 0 Å². The van der Waals surface area contributed by atoms with E-state index in [4.69, 9.17) is 4.74 Å². The smallest absolute Gasteiger partial charge is 0.409 e. The van der Waals surface area contributed by atoms with E-state index in [2.05, 4.69) is 4.72 Å². The molecule has 1 fully saturated rings. The van der Waals surface area contributed by atoms with E-state index in [1.165, 1.54) is 6.07 Å². The fourth-order valence-corrected chi connectivity index (χ4v) is 4.00. The van der Waals surface area contributed by atoms with Crippen molar-refractivity contribution < 1.29 is 22.3 Å².